The van der Waals surface area contributed by atoms with Crippen molar-refractivity contribution in [3.8, 4) is 5.75 Å². The molecule has 0 fully saturated rings. The van der Waals surface area contributed by atoms with E-state index in [1.807, 2.05) is 25.1 Å². The summed E-state index contributed by atoms with van der Waals surface area (Å²) in [5, 5.41) is 11.9. The van der Waals surface area contributed by atoms with Gasteiger partial charge in [-0.2, -0.15) is 0 Å². The van der Waals surface area contributed by atoms with E-state index in [2.05, 4.69) is 67.2 Å². The molecule has 4 aromatic rings. The van der Waals surface area contributed by atoms with Gasteiger partial charge in [0.1, 0.15) is 5.75 Å². The lowest BCUT2D eigenvalue weighted by molar-refractivity contribution is 0.475. The van der Waals surface area contributed by atoms with Crippen LogP contribution in [0.2, 0.25) is 10.0 Å². The highest BCUT2D eigenvalue weighted by molar-refractivity contribution is 9.69. The summed E-state index contributed by atoms with van der Waals surface area (Å²) in [5.74, 6) is 1.40. The second-order valence-corrected chi connectivity index (χ2v) is 18.2. The zero-order chi connectivity index (χ0) is 32.5. The zero-order valence-corrected chi connectivity index (χ0v) is 32.4. The number of thioether (sulfide) groups is 2. The lowest BCUT2D eigenvalue weighted by Gasteiger charge is -2.05. The molecular formula is C26H26BBr3Cl4N4O3S2. The molecule has 0 saturated heterocycles. The zero-order valence-electron chi connectivity index (χ0n) is 22.9. The smallest absolute Gasteiger partial charge is 0.369 e. The lowest BCUT2D eigenvalue weighted by atomic mass is 10.2. The standard InChI is InChI=1S/C13H13ClN2OS.C12H11ClN2O2S.CH2Cl2.BBr3/c1-8-3-4-10(11(14)5-8)7-18-13-15-9(2)6-12(17)16-13;1-7-4-11(17)15-12(14-7)18-6-8-2-3-9(16)5-10(8)13;2-1-3;2-1(3)4/h3-6H,7H2,1-2H3,(H,15,16,17);2-5,16H,6H2,1H3,(H,14,15,17);1H2;. The van der Waals surface area contributed by atoms with Gasteiger partial charge in [-0.1, -0.05) is 64.9 Å². The third-order valence-electron chi connectivity index (χ3n) is 4.67. The Morgan fingerprint density at radius 2 is 1.16 bits per heavy atom. The molecule has 2 aromatic carbocycles. The molecular weight excluding hydrogens is 873 g/mol. The van der Waals surface area contributed by atoms with Crippen molar-refractivity contribution < 1.29 is 5.11 Å². The number of H-pyrrole nitrogens is 2. The molecule has 0 radical (unpaired) electrons. The van der Waals surface area contributed by atoms with E-state index in [1.165, 1.54) is 41.7 Å². The Kier molecular flexibility index (Phi) is 20.7. The largest absolute Gasteiger partial charge is 0.508 e. The summed E-state index contributed by atoms with van der Waals surface area (Å²) < 4.78 is 0.271. The molecule has 2 heterocycles. The molecule has 43 heavy (non-hydrogen) atoms. The van der Waals surface area contributed by atoms with Crippen molar-refractivity contribution in [3.05, 3.63) is 107 Å². The third kappa shape index (κ3) is 18.2. The van der Waals surface area contributed by atoms with Gasteiger partial charge in [0.25, 0.3) is 11.1 Å². The van der Waals surface area contributed by atoms with Crippen LogP contribution < -0.4 is 11.1 Å². The predicted molar refractivity (Wildman–Crippen MR) is 197 cm³/mol. The van der Waals surface area contributed by atoms with E-state index in [-0.39, 0.29) is 25.4 Å². The van der Waals surface area contributed by atoms with Crippen molar-refractivity contribution in [2.24, 2.45) is 0 Å². The second kappa shape index (κ2) is 22.0. The van der Waals surface area contributed by atoms with Crippen LogP contribution in [-0.2, 0) is 11.5 Å². The SMILES string of the molecule is BrB(Br)Br.Cc1cc(=O)[nH]c(SCc2ccc(O)cc2Cl)n1.Cc1ccc(CSc2nc(C)cc(=O)[nH]2)c(Cl)c1.ClCCl. The van der Waals surface area contributed by atoms with E-state index in [0.717, 1.165) is 27.4 Å². The minimum Gasteiger partial charge on any atom is -0.508 e. The Bertz CT molecular complexity index is 1460. The van der Waals surface area contributed by atoms with Crippen molar-refractivity contribution in [3.63, 3.8) is 0 Å². The first-order chi connectivity index (χ1) is 20.2. The Balaban J connectivity index is 0.000000354. The Hall–Kier alpha value is -0.635. The van der Waals surface area contributed by atoms with Crippen molar-refractivity contribution >= 4 is 120 Å². The summed E-state index contributed by atoms with van der Waals surface area (Å²) in [5.41, 5.74) is 4.16. The number of rotatable bonds is 6. The van der Waals surface area contributed by atoms with Crippen LogP contribution in [-0.4, -0.2) is 33.6 Å². The molecule has 0 bridgehead atoms. The van der Waals surface area contributed by atoms with Crippen molar-refractivity contribution in [2.75, 3.05) is 5.34 Å². The van der Waals surface area contributed by atoms with Crippen LogP contribution in [0, 0.1) is 20.8 Å². The summed E-state index contributed by atoms with van der Waals surface area (Å²) in [6, 6.07) is 13.7. The van der Waals surface area contributed by atoms with E-state index >= 15 is 0 Å². The average Bonchev–Trinajstić information content (AvgIpc) is 2.87. The van der Waals surface area contributed by atoms with Gasteiger partial charge in [-0.15, -0.1) is 70.5 Å². The average molecular weight is 899 g/mol. The van der Waals surface area contributed by atoms with Gasteiger partial charge in [0.2, 0.25) is 0 Å². The van der Waals surface area contributed by atoms with Crippen molar-refractivity contribution in [1.82, 2.24) is 19.9 Å². The van der Waals surface area contributed by atoms with E-state index in [0.29, 0.717) is 32.5 Å². The molecule has 7 nitrogen and oxygen atoms in total. The van der Waals surface area contributed by atoms with Gasteiger partial charge in [-0.3, -0.25) is 9.59 Å². The first kappa shape index (κ1) is 40.4. The number of nitrogens with one attached hydrogen (secondary N) is 2. The molecule has 0 unspecified atom stereocenters. The number of aromatic nitrogens is 4. The fourth-order valence-electron chi connectivity index (χ4n) is 2.95. The summed E-state index contributed by atoms with van der Waals surface area (Å²) in [4.78, 5) is 36.4. The number of aromatic amines is 2. The number of aryl methyl sites for hydroxylation is 3. The normalized spacial score (nSPS) is 9.91. The van der Waals surface area contributed by atoms with Crippen LogP contribution in [0.3, 0.4) is 0 Å². The molecule has 0 aliphatic heterocycles. The monoisotopic (exact) mass is 894 g/mol. The highest BCUT2D eigenvalue weighted by atomic mass is 79.9. The van der Waals surface area contributed by atoms with Crippen LogP contribution in [0.1, 0.15) is 28.1 Å². The van der Waals surface area contributed by atoms with E-state index in [1.54, 1.807) is 26.0 Å². The van der Waals surface area contributed by atoms with E-state index < -0.39 is 0 Å². The molecule has 0 aliphatic rings. The fourth-order valence-corrected chi connectivity index (χ4v) is 5.51. The molecule has 4 rings (SSSR count). The number of phenolic OH excluding ortho intramolecular Hbond substituents is 1. The van der Waals surface area contributed by atoms with Gasteiger partial charge >= 0.3 is 3.18 Å². The first-order valence-electron chi connectivity index (χ1n) is 11.9. The molecule has 0 atom stereocenters. The van der Waals surface area contributed by atoms with Crippen molar-refractivity contribution in [1.29, 1.82) is 0 Å². The van der Waals surface area contributed by atoms with Crippen LogP contribution in [0.25, 0.3) is 0 Å². The summed E-state index contributed by atoms with van der Waals surface area (Å²) in [6.45, 7) is 5.58. The van der Waals surface area contributed by atoms with Gasteiger partial charge in [0, 0.05) is 45.1 Å². The van der Waals surface area contributed by atoms with Crippen LogP contribution in [0.5, 0.6) is 5.75 Å². The molecule has 3 N–H and O–H groups in total. The summed E-state index contributed by atoms with van der Waals surface area (Å²) in [6.07, 6.45) is 0. The van der Waals surface area contributed by atoms with Gasteiger partial charge in [0.05, 0.1) is 5.34 Å². The number of hydrogen-bond donors (Lipinski definition) is 3. The number of benzene rings is 2. The van der Waals surface area contributed by atoms with Crippen LogP contribution in [0.4, 0.5) is 0 Å². The van der Waals surface area contributed by atoms with E-state index in [4.69, 9.17) is 46.4 Å². The quantitative estimate of drug-likeness (QED) is 0.0766. The molecule has 232 valence electrons. The summed E-state index contributed by atoms with van der Waals surface area (Å²) >= 11 is 33.8. The van der Waals surface area contributed by atoms with E-state index in [9.17, 15) is 14.7 Å². The molecule has 17 heteroatoms. The highest BCUT2D eigenvalue weighted by Gasteiger charge is 2.06. The number of hydrogen-bond acceptors (Lipinski definition) is 7. The third-order valence-corrected chi connectivity index (χ3v) is 7.22. The number of phenols is 1. The molecule has 0 aliphatic carbocycles. The number of nitrogens with zero attached hydrogens (tertiary/aromatic N) is 2. The maximum absolute atomic E-state index is 11.3. The minimum atomic E-state index is -0.165. The maximum Gasteiger partial charge on any atom is 0.369 e. The van der Waals surface area contributed by atoms with Gasteiger partial charge < -0.3 is 15.1 Å². The number of aromatic hydroxyl groups is 1. The second-order valence-electron chi connectivity index (χ2n) is 8.18. The van der Waals surface area contributed by atoms with Crippen molar-refractivity contribution in [2.45, 2.75) is 42.6 Å². The fraction of sp³-hybridized carbons (Fsp3) is 0.231. The Morgan fingerprint density at radius 3 is 1.53 bits per heavy atom. The molecule has 0 saturated carbocycles. The van der Waals surface area contributed by atoms with Gasteiger partial charge in [-0.05, 0) is 55.7 Å². The first-order valence-corrected chi connectivity index (χ1v) is 18.5. The predicted octanol–water partition coefficient (Wildman–Crippen LogP) is 9.64. The number of halogens is 7. The Labute approximate surface area is 303 Å². The van der Waals surface area contributed by atoms with Crippen LogP contribution >= 0.6 is 117 Å². The highest BCUT2D eigenvalue weighted by Crippen LogP contribution is 2.27. The molecule has 0 spiro atoms. The number of alkyl halides is 2. The van der Waals surface area contributed by atoms with Crippen LogP contribution in [0.15, 0.2) is 68.4 Å². The van der Waals surface area contributed by atoms with Gasteiger partial charge in [-0.25, -0.2) is 9.97 Å². The maximum atomic E-state index is 11.3. The minimum absolute atomic E-state index is 0.125. The summed E-state index contributed by atoms with van der Waals surface area (Å²) in [7, 11) is 0. The molecule has 0 amide bonds. The van der Waals surface area contributed by atoms with Gasteiger partial charge in [0.15, 0.2) is 10.3 Å². The Morgan fingerprint density at radius 1 is 0.767 bits per heavy atom. The molecule has 2 aromatic heterocycles. The lowest BCUT2D eigenvalue weighted by Crippen LogP contribution is -2.08. The topological polar surface area (TPSA) is 112 Å².